The molecule has 0 unspecified atom stereocenters. The molecule has 1 aliphatic rings. The first-order valence-electron chi connectivity index (χ1n) is 9.31. The van der Waals surface area contributed by atoms with Gasteiger partial charge in [-0.05, 0) is 18.6 Å². The Hall–Kier alpha value is -2.74. The number of amides is 2. The summed E-state index contributed by atoms with van der Waals surface area (Å²) in [5.74, 6) is 0.0980. The number of fused-ring (bicyclic) bond motifs is 1. The van der Waals surface area contributed by atoms with Crippen LogP contribution in [0.15, 0.2) is 36.0 Å². The van der Waals surface area contributed by atoms with Crippen molar-refractivity contribution in [3.05, 3.63) is 52.5 Å². The number of carbonyl (C=O) groups is 2. The molecule has 3 aromatic heterocycles. The number of pyridine rings is 1. The number of nitrogens with one attached hydrogen (secondary N) is 1. The van der Waals surface area contributed by atoms with Crippen molar-refractivity contribution >= 4 is 28.7 Å². The maximum Gasteiger partial charge on any atom is 0.290 e. The fourth-order valence-electron chi connectivity index (χ4n) is 3.29. The molecule has 2 amide bonds. The molecular formula is C20H23N5O2S. The molecule has 1 atom stereocenters. The zero-order chi connectivity index (χ0) is 19.9. The summed E-state index contributed by atoms with van der Waals surface area (Å²) in [6.45, 7) is 7.30. The Kier molecular flexibility index (Phi) is 4.66. The van der Waals surface area contributed by atoms with Gasteiger partial charge in [0, 0.05) is 36.1 Å². The molecule has 0 radical (unpaired) electrons. The average Bonchev–Trinajstić information content (AvgIpc) is 3.39. The van der Waals surface area contributed by atoms with Crippen LogP contribution in [0.25, 0.3) is 5.52 Å². The lowest BCUT2D eigenvalue weighted by atomic mass is 9.98. The first-order chi connectivity index (χ1) is 13.3. The smallest absolute Gasteiger partial charge is 0.290 e. The largest absolute Gasteiger partial charge is 0.346 e. The van der Waals surface area contributed by atoms with Crippen molar-refractivity contribution in [2.45, 2.75) is 38.6 Å². The molecule has 0 spiro atoms. The molecule has 0 saturated carbocycles. The van der Waals surface area contributed by atoms with Crippen LogP contribution < -0.4 is 5.32 Å². The molecule has 1 fully saturated rings. The van der Waals surface area contributed by atoms with E-state index in [0.29, 0.717) is 24.6 Å². The maximum absolute atomic E-state index is 12.9. The van der Waals surface area contributed by atoms with Gasteiger partial charge in [0.2, 0.25) is 5.82 Å². The highest BCUT2D eigenvalue weighted by Gasteiger charge is 2.30. The molecule has 3 aromatic rings. The Labute approximate surface area is 167 Å². The average molecular weight is 398 g/mol. The molecule has 0 bridgehead atoms. The van der Waals surface area contributed by atoms with Gasteiger partial charge >= 0.3 is 0 Å². The van der Waals surface area contributed by atoms with Crippen LogP contribution in [0.5, 0.6) is 0 Å². The molecule has 1 saturated heterocycles. The topological polar surface area (TPSA) is 79.6 Å². The van der Waals surface area contributed by atoms with Crippen LogP contribution in [0, 0.1) is 0 Å². The molecule has 8 heteroatoms. The molecule has 4 rings (SSSR count). The Balaban J connectivity index is 1.41. The van der Waals surface area contributed by atoms with E-state index in [2.05, 4.69) is 36.1 Å². The van der Waals surface area contributed by atoms with E-state index in [1.165, 1.54) is 11.3 Å². The summed E-state index contributed by atoms with van der Waals surface area (Å²) in [6.07, 6.45) is 4.24. The lowest BCUT2D eigenvalue weighted by molar-refractivity contribution is 0.0770. The van der Waals surface area contributed by atoms with Crippen molar-refractivity contribution in [1.82, 2.24) is 24.6 Å². The second kappa shape index (κ2) is 7.01. The highest BCUT2D eigenvalue weighted by Crippen LogP contribution is 2.25. The maximum atomic E-state index is 12.9. The van der Waals surface area contributed by atoms with Crippen molar-refractivity contribution in [1.29, 1.82) is 0 Å². The van der Waals surface area contributed by atoms with Crippen LogP contribution in [0.1, 0.15) is 53.3 Å². The van der Waals surface area contributed by atoms with E-state index in [-0.39, 0.29) is 23.3 Å². The molecular weight excluding hydrogens is 374 g/mol. The number of nitrogens with zero attached hydrogens (tertiary/aromatic N) is 4. The highest BCUT2D eigenvalue weighted by molar-refractivity contribution is 7.10. The summed E-state index contributed by atoms with van der Waals surface area (Å²) < 4.78 is 1.79. The fourth-order valence-corrected chi connectivity index (χ4v) is 4.18. The van der Waals surface area contributed by atoms with Gasteiger partial charge in [-0.3, -0.25) is 14.0 Å². The SMILES string of the molecule is CC(C)(C)c1nc(C(=O)N[C@H]2CCN(C(=O)c3ncc4ccccn34)C2)cs1. The lowest BCUT2D eigenvalue weighted by Crippen LogP contribution is -2.39. The molecule has 28 heavy (non-hydrogen) atoms. The Morgan fingerprint density at radius 3 is 2.86 bits per heavy atom. The van der Waals surface area contributed by atoms with Gasteiger partial charge in [0.1, 0.15) is 5.69 Å². The number of thiazole rings is 1. The van der Waals surface area contributed by atoms with Crippen LogP contribution >= 0.6 is 11.3 Å². The van der Waals surface area contributed by atoms with Crippen molar-refractivity contribution in [3.8, 4) is 0 Å². The number of imidazole rings is 1. The normalized spacial score (nSPS) is 17.2. The van der Waals surface area contributed by atoms with E-state index in [0.717, 1.165) is 16.9 Å². The molecule has 146 valence electrons. The van der Waals surface area contributed by atoms with E-state index in [1.807, 2.05) is 24.4 Å². The van der Waals surface area contributed by atoms with E-state index in [4.69, 9.17) is 0 Å². The minimum absolute atomic E-state index is 0.0766. The van der Waals surface area contributed by atoms with Gasteiger partial charge in [-0.15, -0.1) is 11.3 Å². The van der Waals surface area contributed by atoms with Crippen LogP contribution in [0.2, 0.25) is 0 Å². The van der Waals surface area contributed by atoms with E-state index < -0.39 is 0 Å². The summed E-state index contributed by atoms with van der Waals surface area (Å²) >= 11 is 1.50. The van der Waals surface area contributed by atoms with E-state index in [9.17, 15) is 9.59 Å². The number of likely N-dealkylation sites (tertiary alicyclic amines) is 1. The minimum Gasteiger partial charge on any atom is -0.346 e. The van der Waals surface area contributed by atoms with Gasteiger partial charge in [0.05, 0.1) is 16.7 Å². The monoisotopic (exact) mass is 397 g/mol. The van der Waals surface area contributed by atoms with Gasteiger partial charge in [0.25, 0.3) is 11.8 Å². The Morgan fingerprint density at radius 2 is 2.11 bits per heavy atom. The zero-order valence-electron chi connectivity index (χ0n) is 16.2. The standard InChI is InChI=1S/C20H23N5O2S/c1-20(2,3)19-23-15(12-28-19)17(26)22-13-7-9-24(11-13)18(27)16-21-10-14-6-4-5-8-25(14)16/h4-6,8,10,12-13H,7,9,11H2,1-3H3,(H,22,26)/t13-/m0/s1. The van der Waals surface area contributed by atoms with Gasteiger partial charge < -0.3 is 10.2 Å². The first kappa shape index (κ1) is 18.6. The number of hydrogen-bond donors (Lipinski definition) is 1. The summed E-state index contributed by atoms with van der Waals surface area (Å²) in [7, 11) is 0. The third-order valence-electron chi connectivity index (χ3n) is 4.82. The van der Waals surface area contributed by atoms with Crippen LogP contribution in [-0.4, -0.2) is 50.2 Å². The summed E-state index contributed by atoms with van der Waals surface area (Å²) in [4.78, 5) is 35.9. The highest BCUT2D eigenvalue weighted by atomic mass is 32.1. The van der Waals surface area contributed by atoms with Crippen LogP contribution in [-0.2, 0) is 5.41 Å². The first-order valence-corrected chi connectivity index (χ1v) is 10.2. The van der Waals surface area contributed by atoms with Crippen LogP contribution in [0.4, 0.5) is 0 Å². The van der Waals surface area contributed by atoms with Crippen molar-refractivity contribution in [2.24, 2.45) is 0 Å². The third kappa shape index (κ3) is 3.52. The number of rotatable bonds is 3. The van der Waals surface area contributed by atoms with Crippen LogP contribution in [0.3, 0.4) is 0 Å². The quantitative estimate of drug-likeness (QED) is 0.737. The summed E-state index contributed by atoms with van der Waals surface area (Å²) in [6, 6.07) is 5.62. The van der Waals surface area contributed by atoms with Crippen molar-refractivity contribution in [3.63, 3.8) is 0 Å². The molecule has 1 aliphatic heterocycles. The van der Waals surface area contributed by atoms with Gasteiger partial charge in [0.15, 0.2) is 0 Å². The van der Waals surface area contributed by atoms with Gasteiger partial charge in [-0.2, -0.15) is 0 Å². The minimum atomic E-state index is -0.183. The molecule has 0 aliphatic carbocycles. The fraction of sp³-hybridized carbons (Fsp3) is 0.400. The second-order valence-electron chi connectivity index (χ2n) is 8.08. The molecule has 0 aromatic carbocycles. The predicted octanol–water partition coefficient (Wildman–Crippen LogP) is 2.73. The van der Waals surface area contributed by atoms with Gasteiger partial charge in [-0.1, -0.05) is 26.8 Å². The van der Waals surface area contributed by atoms with Crippen molar-refractivity contribution < 1.29 is 9.59 Å². The lowest BCUT2D eigenvalue weighted by Gasteiger charge is -2.16. The zero-order valence-corrected chi connectivity index (χ0v) is 17.0. The molecule has 7 nitrogen and oxygen atoms in total. The Bertz CT molecular complexity index is 1030. The molecule has 1 N–H and O–H groups in total. The number of aromatic nitrogens is 3. The third-order valence-corrected chi connectivity index (χ3v) is 6.09. The number of hydrogen-bond acceptors (Lipinski definition) is 5. The van der Waals surface area contributed by atoms with E-state index in [1.54, 1.807) is 20.9 Å². The predicted molar refractivity (Wildman–Crippen MR) is 108 cm³/mol. The van der Waals surface area contributed by atoms with E-state index >= 15 is 0 Å². The Morgan fingerprint density at radius 1 is 1.29 bits per heavy atom. The van der Waals surface area contributed by atoms with Gasteiger partial charge in [-0.25, -0.2) is 9.97 Å². The van der Waals surface area contributed by atoms with Crippen molar-refractivity contribution in [2.75, 3.05) is 13.1 Å². The summed E-state index contributed by atoms with van der Waals surface area (Å²) in [5, 5.41) is 5.74. The number of carbonyl (C=O) groups excluding carboxylic acids is 2. The molecule has 4 heterocycles. The second-order valence-corrected chi connectivity index (χ2v) is 8.93. The summed E-state index contributed by atoms with van der Waals surface area (Å²) in [5.41, 5.74) is 1.25.